The molecule has 4 aromatic rings. The molecule has 0 bridgehead atoms. The largest absolute Gasteiger partial charge is 0.396 e. The molecule has 2 aliphatic carbocycles. The summed E-state index contributed by atoms with van der Waals surface area (Å²) in [5, 5.41) is 27.7. The van der Waals surface area contributed by atoms with Gasteiger partial charge in [-0.25, -0.2) is 0 Å². The number of benzene rings is 3. The summed E-state index contributed by atoms with van der Waals surface area (Å²) < 4.78 is 0. The summed E-state index contributed by atoms with van der Waals surface area (Å²) in [4.78, 5) is 41.9. The maximum Gasteiger partial charge on any atom is 0.261 e. The molecule has 2 heterocycles. The average molecular weight is 702 g/mol. The summed E-state index contributed by atoms with van der Waals surface area (Å²) >= 11 is 0. The van der Waals surface area contributed by atoms with Gasteiger partial charge in [-0.1, -0.05) is 69.5 Å². The van der Waals surface area contributed by atoms with Gasteiger partial charge in [0.05, 0.1) is 17.1 Å². The fourth-order valence-corrected chi connectivity index (χ4v) is 8.76. The highest BCUT2D eigenvalue weighted by atomic mass is 16.3. The first kappa shape index (κ1) is 35.8. The number of carbonyl (C=O) groups is 3. The van der Waals surface area contributed by atoms with Crippen LogP contribution < -0.4 is 10.6 Å². The molecule has 1 fully saturated rings. The zero-order valence-corrected chi connectivity index (χ0v) is 30.8. The summed E-state index contributed by atoms with van der Waals surface area (Å²) in [5.74, 6) is 0.777. The Balaban J connectivity index is 1.31. The Morgan fingerprint density at radius 3 is 2.29 bits per heavy atom. The molecule has 272 valence electrons. The van der Waals surface area contributed by atoms with Crippen LogP contribution in [-0.2, 0) is 17.6 Å². The highest BCUT2D eigenvalue weighted by molar-refractivity contribution is 6.28. The maximum absolute atomic E-state index is 14.3. The van der Waals surface area contributed by atoms with Crippen molar-refractivity contribution in [3.63, 3.8) is 0 Å². The summed E-state index contributed by atoms with van der Waals surface area (Å²) in [6.45, 7) is 7.61. The van der Waals surface area contributed by atoms with E-state index < -0.39 is 0 Å². The van der Waals surface area contributed by atoms with Crippen LogP contribution in [0, 0.1) is 24.7 Å². The zero-order chi connectivity index (χ0) is 36.4. The highest BCUT2D eigenvalue weighted by Gasteiger charge is 2.49. The molecule has 9 nitrogen and oxygen atoms in total. The van der Waals surface area contributed by atoms with Crippen LogP contribution in [0.2, 0.25) is 0 Å². The molecule has 0 radical (unpaired) electrons. The Kier molecular flexibility index (Phi) is 10.7. The van der Waals surface area contributed by atoms with E-state index in [0.717, 1.165) is 103 Å². The Morgan fingerprint density at radius 2 is 1.54 bits per heavy atom. The smallest absolute Gasteiger partial charge is 0.261 e. The topological polar surface area (TPSA) is 125 Å². The van der Waals surface area contributed by atoms with Crippen molar-refractivity contribution in [3.05, 3.63) is 76.5 Å². The lowest BCUT2D eigenvalue weighted by atomic mass is 9.85. The van der Waals surface area contributed by atoms with Crippen molar-refractivity contribution in [2.75, 3.05) is 31.6 Å². The molecule has 3 N–H and O–H groups in total. The van der Waals surface area contributed by atoms with Crippen molar-refractivity contribution in [1.29, 1.82) is 0 Å². The Morgan fingerprint density at radius 1 is 0.827 bits per heavy atom. The number of nitrogens with zero attached hydrogens (tertiary/aromatic N) is 3. The van der Waals surface area contributed by atoms with Gasteiger partial charge in [0, 0.05) is 65.7 Å². The van der Waals surface area contributed by atoms with Crippen molar-refractivity contribution < 1.29 is 19.5 Å². The van der Waals surface area contributed by atoms with Crippen molar-refractivity contribution in [2.45, 2.75) is 85.0 Å². The second kappa shape index (κ2) is 15.5. The second-order valence-corrected chi connectivity index (χ2v) is 14.8. The molecule has 0 saturated heterocycles. The van der Waals surface area contributed by atoms with Crippen molar-refractivity contribution >= 4 is 34.2 Å². The molecule has 9 heteroatoms. The van der Waals surface area contributed by atoms with Gasteiger partial charge in [-0.05, 0) is 92.0 Å². The number of anilines is 1. The van der Waals surface area contributed by atoms with Gasteiger partial charge in [0.25, 0.3) is 11.8 Å². The monoisotopic (exact) mass is 701 g/mol. The van der Waals surface area contributed by atoms with Gasteiger partial charge in [0.2, 0.25) is 5.91 Å². The molecule has 1 aromatic heterocycles. The standard InChI is InChI=1S/C43H51N5O4/c1-4-6-8-16-38(50)44-22-23-48-42(51)34-15-11-14-33-39(34)36(43(48)52)24-35(40(33)45-21-7-5-2)28-12-9-10-13-31(28)41-32-20-19-30-29(37(30)25-49)18-17-27(32)26(3)46-47-41/h9-15,24,29-30,37,45,49H,4-8,16-23,25H2,1-3H3,(H,44,50)/t29-,30+,37-/m0/s1. The van der Waals surface area contributed by atoms with Gasteiger partial charge in [-0.2, -0.15) is 5.10 Å². The van der Waals surface area contributed by atoms with Crippen LogP contribution in [-0.4, -0.2) is 64.2 Å². The number of aliphatic hydroxyl groups is 1. The molecule has 0 unspecified atom stereocenters. The summed E-state index contributed by atoms with van der Waals surface area (Å²) in [5.41, 5.74) is 8.98. The predicted octanol–water partition coefficient (Wildman–Crippen LogP) is 7.51. The molecule has 3 aliphatic rings. The number of rotatable bonds is 14. The van der Waals surface area contributed by atoms with Gasteiger partial charge in [-0.15, -0.1) is 5.10 Å². The lowest BCUT2D eigenvalue weighted by Crippen LogP contribution is -2.44. The molecule has 1 aliphatic heterocycles. The Bertz CT molecular complexity index is 2010. The number of aryl methyl sites for hydroxylation is 1. The van der Waals surface area contributed by atoms with Crippen LogP contribution in [0.4, 0.5) is 5.69 Å². The summed E-state index contributed by atoms with van der Waals surface area (Å²) in [6, 6.07) is 15.9. The van der Waals surface area contributed by atoms with Crippen molar-refractivity contribution in [1.82, 2.24) is 20.4 Å². The SMILES string of the molecule is CCCCCC(=O)NCCN1C(=O)c2cccc3c(NCCCC)c(-c4ccccc4-c4nnc(C)c5c4CC[C@H]4[C@@H](CO)[C@H]4CC5)cc(c23)C1=O. The van der Waals surface area contributed by atoms with E-state index in [1.54, 1.807) is 6.07 Å². The number of amides is 3. The Labute approximate surface area is 306 Å². The first-order valence-electron chi connectivity index (χ1n) is 19.4. The maximum atomic E-state index is 14.3. The second-order valence-electron chi connectivity index (χ2n) is 14.8. The number of hydrogen-bond donors (Lipinski definition) is 3. The molecule has 1 saturated carbocycles. The number of imide groups is 1. The van der Waals surface area contributed by atoms with Crippen LogP contribution in [0.3, 0.4) is 0 Å². The minimum atomic E-state index is -0.356. The van der Waals surface area contributed by atoms with E-state index in [-0.39, 0.29) is 37.4 Å². The van der Waals surface area contributed by atoms with Gasteiger partial charge in [0.1, 0.15) is 0 Å². The first-order chi connectivity index (χ1) is 25.4. The molecule has 3 aromatic carbocycles. The van der Waals surface area contributed by atoms with E-state index in [0.29, 0.717) is 40.7 Å². The van der Waals surface area contributed by atoms with E-state index in [4.69, 9.17) is 5.10 Å². The summed E-state index contributed by atoms with van der Waals surface area (Å²) in [7, 11) is 0. The number of carbonyl (C=O) groups excluding carboxylic acids is 3. The number of nitrogens with one attached hydrogen (secondary N) is 2. The molecule has 52 heavy (non-hydrogen) atoms. The number of fused-ring (bicyclic) bond motifs is 2. The van der Waals surface area contributed by atoms with Crippen LogP contribution >= 0.6 is 0 Å². The lowest BCUT2D eigenvalue weighted by Gasteiger charge is -2.29. The van der Waals surface area contributed by atoms with Gasteiger partial charge in [0.15, 0.2) is 0 Å². The van der Waals surface area contributed by atoms with E-state index in [1.165, 1.54) is 16.0 Å². The Hall–Kier alpha value is -4.63. The van der Waals surface area contributed by atoms with E-state index in [9.17, 15) is 19.5 Å². The predicted molar refractivity (Wildman–Crippen MR) is 205 cm³/mol. The summed E-state index contributed by atoms with van der Waals surface area (Å²) in [6.07, 6.45) is 9.14. The number of unbranched alkanes of at least 4 members (excludes halogenated alkanes) is 3. The van der Waals surface area contributed by atoms with Crippen LogP contribution in [0.15, 0.2) is 48.5 Å². The van der Waals surface area contributed by atoms with E-state index in [1.807, 2.05) is 30.3 Å². The zero-order valence-electron chi connectivity index (χ0n) is 30.8. The quantitative estimate of drug-likeness (QED) is 0.0918. The first-order valence-corrected chi connectivity index (χ1v) is 19.4. The van der Waals surface area contributed by atoms with E-state index in [2.05, 4.69) is 48.6 Å². The molecular formula is C43H51N5O4. The minimum Gasteiger partial charge on any atom is -0.396 e. The normalized spacial score (nSPS) is 19.2. The van der Waals surface area contributed by atoms with Crippen molar-refractivity contribution in [3.8, 4) is 22.4 Å². The van der Waals surface area contributed by atoms with Crippen LogP contribution in [0.1, 0.15) is 103 Å². The number of hydrogen-bond acceptors (Lipinski definition) is 7. The molecular weight excluding hydrogens is 651 g/mol. The van der Waals surface area contributed by atoms with Gasteiger partial charge in [-0.3, -0.25) is 19.3 Å². The van der Waals surface area contributed by atoms with Crippen LogP contribution in [0.25, 0.3) is 33.2 Å². The van der Waals surface area contributed by atoms with E-state index >= 15 is 0 Å². The van der Waals surface area contributed by atoms with Crippen molar-refractivity contribution in [2.24, 2.45) is 17.8 Å². The van der Waals surface area contributed by atoms with Gasteiger partial charge < -0.3 is 15.7 Å². The minimum absolute atomic E-state index is 0.0626. The molecule has 7 rings (SSSR count). The third-order valence-electron chi connectivity index (χ3n) is 11.6. The third-order valence-corrected chi connectivity index (χ3v) is 11.6. The number of aliphatic hydroxyl groups excluding tert-OH is 1. The molecule has 0 spiro atoms. The number of aromatic nitrogens is 2. The average Bonchev–Trinajstić information content (AvgIpc) is 3.83. The molecule has 3 atom stereocenters. The fraction of sp³-hybridized carbons (Fsp3) is 0.465. The van der Waals surface area contributed by atoms with Gasteiger partial charge >= 0.3 is 0 Å². The highest BCUT2D eigenvalue weighted by Crippen LogP contribution is 2.53. The third kappa shape index (κ3) is 6.71. The van der Waals surface area contributed by atoms with Crippen LogP contribution in [0.5, 0.6) is 0 Å². The fourth-order valence-electron chi connectivity index (χ4n) is 8.76. The lowest BCUT2D eigenvalue weighted by molar-refractivity contribution is -0.121. The molecule has 3 amide bonds.